The highest BCUT2D eigenvalue weighted by atomic mass is 16.3. The molecule has 0 aliphatic carbocycles. The van der Waals surface area contributed by atoms with Gasteiger partial charge in [-0.15, -0.1) is 0 Å². The monoisotopic (exact) mass is 506 g/mol. The molecule has 3 aromatic rings. The van der Waals surface area contributed by atoms with E-state index in [9.17, 15) is 10.2 Å². The first-order valence-corrected chi connectivity index (χ1v) is 13.2. The maximum Gasteiger partial charge on any atom is 0.122 e. The summed E-state index contributed by atoms with van der Waals surface area (Å²) in [6, 6.07) is 18.9. The minimum atomic E-state index is -0.566. The van der Waals surface area contributed by atoms with E-state index in [0.717, 1.165) is 61.2 Å². The third-order valence-corrected chi connectivity index (χ3v) is 7.01. The number of benzene rings is 3. The minimum Gasteiger partial charge on any atom is -0.507 e. The van der Waals surface area contributed by atoms with E-state index < -0.39 is 5.41 Å². The van der Waals surface area contributed by atoms with Gasteiger partial charge in [0, 0.05) is 5.41 Å². The molecule has 198 valence electrons. The van der Waals surface area contributed by atoms with Gasteiger partial charge in [0.1, 0.15) is 11.5 Å². The van der Waals surface area contributed by atoms with Gasteiger partial charge in [-0.05, 0) is 99.2 Å². The van der Waals surface area contributed by atoms with Gasteiger partial charge in [0.15, 0.2) is 0 Å². The highest BCUT2D eigenvalue weighted by Crippen LogP contribution is 2.44. The van der Waals surface area contributed by atoms with Crippen LogP contribution in [0.3, 0.4) is 0 Å². The van der Waals surface area contributed by atoms with Crippen molar-refractivity contribution in [2.45, 2.75) is 65.7 Å². The molecule has 0 atom stereocenters. The highest BCUT2D eigenvalue weighted by Gasteiger charge is 2.34. The Hall–Kier alpha value is -3.78. The molecular formula is C36H42O2. The zero-order valence-corrected chi connectivity index (χ0v) is 23.7. The van der Waals surface area contributed by atoms with Crippen molar-refractivity contribution in [1.29, 1.82) is 0 Å². The van der Waals surface area contributed by atoms with Gasteiger partial charge in [-0.3, -0.25) is 0 Å². The fourth-order valence-electron chi connectivity index (χ4n) is 5.21. The SMILES string of the molecule is C=C(C)Cc1cc(C(C)(c2ccccc2)c2cc(CC(=C)C)c(O)c(CC(=C)C)c2)cc(CC(=C)C)c1O. The van der Waals surface area contributed by atoms with Gasteiger partial charge in [-0.2, -0.15) is 0 Å². The summed E-state index contributed by atoms with van der Waals surface area (Å²) in [6.45, 7) is 26.6. The molecule has 0 aliphatic heterocycles. The molecule has 0 aromatic heterocycles. The molecule has 0 spiro atoms. The average Bonchev–Trinajstić information content (AvgIpc) is 2.82. The normalized spacial score (nSPS) is 11.3. The van der Waals surface area contributed by atoms with Gasteiger partial charge in [0.2, 0.25) is 0 Å². The fourth-order valence-corrected chi connectivity index (χ4v) is 5.21. The Labute approximate surface area is 229 Å². The van der Waals surface area contributed by atoms with Crippen LogP contribution in [0.25, 0.3) is 0 Å². The van der Waals surface area contributed by atoms with Crippen LogP contribution < -0.4 is 0 Å². The molecule has 0 heterocycles. The van der Waals surface area contributed by atoms with Crippen molar-refractivity contribution >= 4 is 0 Å². The summed E-state index contributed by atoms with van der Waals surface area (Å²) in [4.78, 5) is 0. The topological polar surface area (TPSA) is 40.5 Å². The van der Waals surface area contributed by atoms with Gasteiger partial charge in [0.05, 0.1) is 0 Å². The van der Waals surface area contributed by atoms with Crippen molar-refractivity contribution in [1.82, 2.24) is 0 Å². The number of allylic oxidation sites excluding steroid dienone is 4. The Morgan fingerprint density at radius 2 is 0.842 bits per heavy atom. The van der Waals surface area contributed by atoms with Crippen molar-refractivity contribution in [2.24, 2.45) is 0 Å². The first-order valence-electron chi connectivity index (χ1n) is 13.2. The molecule has 2 N–H and O–H groups in total. The number of hydrogen-bond donors (Lipinski definition) is 2. The number of aromatic hydroxyl groups is 2. The van der Waals surface area contributed by atoms with Gasteiger partial charge in [-0.25, -0.2) is 0 Å². The third kappa shape index (κ3) is 6.37. The lowest BCUT2D eigenvalue weighted by atomic mass is 9.69. The number of rotatable bonds is 11. The third-order valence-electron chi connectivity index (χ3n) is 7.01. The average molecular weight is 507 g/mol. The summed E-state index contributed by atoms with van der Waals surface area (Å²) in [5.74, 6) is 0.624. The van der Waals surface area contributed by atoms with E-state index in [1.54, 1.807) is 0 Å². The predicted octanol–water partition coefficient (Wildman–Crippen LogP) is 8.93. The summed E-state index contributed by atoms with van der Waals surface area (Å²) in [5.41, 5.74) is 10.1. The minimum absolute atomic E-state index is 0.312. The molecule has 0 saturated carbocycles. The second kappa shape index (κ2) is 11.7. The zero-order valence-electron chi connectivity index (χ0n) is 23.7. The lowest BCUT2D eigenvalue weighted by molar-refractivity contribution is 0.461. The second-order valence-electron chi connectivity index (χ2n) is 11.3. The predicted molar refractivity (Wildman–Crippen MR) is 162 cm³/mol. The van der Waals surface area contributed by atoms with Crippen molar-refractivity contribution < 1.29 is 10.2 Å². The molecule has 0 amide bonds. The molecule has 0 fully saturated rings. The lowest BCUT2D eigenvalue weighted by Crippen LogP contribution is -2.26. The molecule has 0 bridgehead atoms. The van der Waals surface area contributed by atoms with E-state index in [1.807, 2.05) is 33.8 Å². The Kier molecular flexibility index (Phi) is 8.89. The van der Waals surface area contributed by atoms with E-state index in [1.165, 1.54) is 0 Å². The maximum absolute atomic E-state index is 11.2. The molecule has 38 heavy (non-hydrogen) atoms. The molecule has 3 rings (SSSR count). The maximum atomic E-state index is 11.2. The van der Waals surface area contributed by atoms with Gasteiger partial charge in [0.25, 0.3) is 0 Å². The summed E-state index contributed by atoms with van der Waals surface area (Å²) in [7, 11) is 0. The van der Waals surface area contributed by atoms with E-state index >= 15 is 0 Å². The smallest absolute Gasteiger partial charge is 0.122 e. The van der Waals surface area contributed by atoms with Crippen LogP contribution in [0.1, 0.15) is 73.6 Å². The highest BCUT2D eigenvalue weighted by molar-refractivity contribution is 5.59. The molecule has 2 heteroatoms. The van der Waals surface area contributed by atoms with E-state index in [4.69, 9.17) is 0 Å². The Morgan fingerprint density at radius 1 is 0.553 bits per heavy atom. The Morgan fingerprint density at radius 3 is 1.11 bits per heavy atom. The van der Waals surface area contributed by atoms with Crippen LogP contribution in [0.4, 0.5) is 0 Å². The summed E-state index contributed by atoms with van der Waals surface area (Å²) in [5, 5.41) is 22.4. The van der Waals surface area contributed by atoms with Crippen LogP contribution in [0, 0.1) is 0 Å². The molecular weight excluding hydrogens is 464 g/mol. The molecule has 2 nitrogen and oxygen atoms in total. The van der Waals surface area contributed by atoms with Crippen molar-refractivity contribution in [2.75, 3.05) is 0 Å². The fraction of sp³-hybridized carbons (Fsp3) is 0.278. The lowest BCUT2D eigenvalue weighted by Gasteiger charge is -2.34. The summed E-state index contributed by atoms with van der Waals surface area (Å²) in [6.07, 6.45) is 2.35. The summed E-state index contributed by atoms with van der Waals surface area (Å²) < 4.78 is 0. The molecule has 3 aromatic carbocycles. The van der Waals surface area contributed by atoms with Crippen molar-refractivity contribution in [3.63, 3.8) is 0 Å². The van der Waals surface area contributed by atoms with E-state index in [2.05, 4.69) is 81.8 Å². The van der Waals surface area contributed by atoms with Gasteiger partial charge in [-0.1, -0.05) is 103 Å². The standard InChI is InChI=1S/C36H42O2/c1-23(2)15-27-19-32(20-28(34(27)37)16-24(3)4)36(9,31-13-11-10-12-14-31)33-21-29(17-25(5)6)35(38)30(22-33)18-26(7)8/h10-14,19-22,37-38H,1,3,5,7,15-18H2,2,4,6,8-9H3. The quantitative estimate of drug-likeness (QED) is 0.201. The molecule has 0 saturated heterocycles. The second-order valence-corrected chi connectivity index (χ2v) is 11.3. The number of phenols is 2. The van der Waals surface area contributed by atoms with E-state index in [0.29, 0.717) is 37.2 Å². The van der Waals surface area contributed by atoms with E-state index in [-0.39, 0.29) is 0 Å². The largest absolute Gasteiger partial charge is 0.507 e. The van der Waals surface area contributed by atoms with Crippen LogP contribution in [0.5, 0.6) is 11.5 Å². The van der Waals surface area contributed by atoms with Crippen LogP contribution in [-0.4, -0.2) is 10.2 Å². The zero-order chi connectivity index (χ0) is 28.2. The van der Waals surface area contributed by atoms with Gasteiger partial charge >= 0.3 is 0 Å². The van der Waals surface area contributed by atoms with Crippen molar-refractivity contribution in [3.05, 3.63) is 142 Å². The first-order chi connectivity index (χ1) is 17.8. The van der Waals surface area contributed by atoms with Crippen LogP contribution in [-0.2, 0) is 31.1 Å². The summed E-state index contributed by atoms with van der Waals surface area (Å²) >= 11 is 0. The number of phenolic OH excluding ortho intramolecular Hbond substituents is 2. The van der Waals surface area contributed by atoms with Crippen LogP contribution in [0.2, 0.25) is 0 Å². The number of hydrogen-bond acceptors (Lipinski definition) is 2. The van der Waals surface area contributed by atoms with Crippen LogP contribution >= 0.6 is 0 Å². The van der Waals surface area contributed by atoms with Crippen LogP contribution in [0.15, 0.2) is 103 Å². The molecule has 0 aliphatic rings. The molecule has 0 unspecified atom stereocenters. The molecule has 0 radical (unpaired) electrons. The van der Waals surface area contributed by atoms with Gasteiger partial charge < -0.3 is 10.2 Å². The first kappa shape index (κ1) is 28.8. The Balaban J connectivity index is 2.43. The van der Waals surface area contributed by atoms with Crippen molar-refractivity contribution in [3.8, 4) is 11.5 Å². The Bertz CT molecular complexity index is 1230.